The van der Waals surface area contributed by atoms with Crippen LogP contribution in [-0.4, -0.2) is 94.4 Å². The number of fused-ring (bicyclic) bond motifs is 1. The molecule has 1 N–H and O–H groups in total. The molecule has 3 aromatic rings. The third-order valence-corrected chi connectivity index (χ3v) is 7.37. The third kappa shape index (κ3) is 7.25. The molecular weight excluding hydrogens is 550 g/mol. The van der Waals surface area contributed by atoms with E-state index in [1.807, 2.05) is 36.1 Å². The van der Waals surface area contributed by atoms with Crippen LogP contribution in [0.4, 0.5) is 5.82 Å². The van der Waals surface area contributed by atoms with Crippen molar-refractivity contribution >= 4 is 29.2 Å². The number of aromatic nitrogens is 4. The summed E-state index contributed by atoms with van der Waals surface area (Å²) in [6.45, 7) is 4.04. The van der Waals surface area contributed by atoms with Gasteiger partial charge >= 0.3 is 0 Å². The second kappa shape index (κ2) is 13.2. The van der Waals surface area contributed by atoms with Crippen LogP contribution in [0, 0.1) is 0 Å². The van der Waals surface area contributed by atoms with Crippen molar-refractivity contribution in [2.24, 2.45) is 0 Å². The van der Waals surface area contributed by atoms with Gasteiger partial charge in [-0.15, -0.1) is 0 Å². The van der Waals surface area contributed by atoms with Crippen molar-refractivity contribution in [2.75, 3.05) is 44.8 Å². The fraction of sp³-hybridized carbons (Fsp3) is 0.464. The number of nitrogens with one attached hydrogen (secondary N) is 1. The van der Waals surface area contributed by atoms with Gasteiger partial charge in [0.25, 0.3) is 0 Å². The average Bonchev–Trinajstić information content (AvgIpc) is 3.52. The highest BCUT2D eigenvalue weighted by Crippen LogP contribution is 2.31. The van der Waals surface area contributed by atoms with Crippen molar-refractivity contribution in [2.45, 2.75) is 44.4 Å². The van der Waals surface area contributed by atoms with E-state index in [0.29, 0.717) is 56.7 Å². The Labute approximate surface area is 243 Å². The molecule has 1 saturated heterocycles. The van der Waals surface area contributed by atoms with E-state index >= 15 is 0 Å². The first-order valence-electron chi connectivity index (χ1n) is 13.6. The number of benzene rings is 1. The van der Waals surface area contributed by atoms with Crippen molar-refractivity contribution < 1.29 is 23.8 Å². The molecule has 5 rings (SSSR count). The van der Waals surface area contributed by atoms with Crippen molar-refractivity contribution in [1.29, 1.82) is 0 Å². The van der Waals surface area contributed by atoms with Gasteiger partial charge in [-0.3, -0.25) is 14.2 Å². The number of methoxy groups -OCH3 is 1. The van der Waals surface area contributed by atoms with Gasteiger partial charge in [0.2, 0.25) is 17.8 Å². The molecule has 0 radical (unpaired) electrons. The quantitative estimate of drug-likeness (QED) is 0.358. The fourth-order valence-corrected chi connectivity index (χ4v) is 5.09. The number of amides is 2. The van der Waals surface area contributed by atoms with Crippen LogP contribution in [0.15, 0.2) is 49.1 Å². The van der Waals surface area contributed by atoms with E-state index in [-0.39, 0.29) is 48.1 Å². The largest absolute Gasteiger partial charge is 0.486 e. The molecule has 3 atom stereocenters. The lowest BCUT2D eigenvalue weighted by Gasteiger charge is -2.42. The summed E-state index contributed by atoms with van der Waals surface area (Å²) in [5.41, 5.74) is 0. The molecule has 0 bridgehead atoms. The standard InChI is InChI=1S/C28H34ClN7O5/c1-19(39-2)13-27(38)34-11-12-36(25-15-24(29)32-28(33-25)35-10-9-30-18-35)20(16-34)14-26(37)31-8-7-21-17-40-22-5-3-4-6-23(22)41-21/h3-6,9-10,15,18-21H,7-8,11-14,16-17H2,1-2H3,(H,31,37). The van der Waals surface area contributed by atoms with Crippen molar-refractivity contribution in [3.63, 3.8) is 0 Å². The zero-order valence-electron chi connectivity index (χ0n) is 23.1. The van der Waals surface area contributed by atoms with Gasteiger partial charge in [-0.25, -0.2) is 9.97 Å². The molecule has 1 fully saturated rings. The number of halogens is 1. The Hall–Kier alpha value is -3.90. The van der Waals surface area contributed by atoms with Gasteiger partial charge in [0.15, 0.2) is 11.5 Å². The summed E-state index contributed by atoms with van der Waals surface area (Å²) in [7, 11) is 1.59. The van der Waals surface area contributed by atoms with Crippen LogP contribution in [0.25, 0.3) is 5.95 Å². The maximum absolute atomic E-state index is 13.1. The summed E-state index contributed by atoms with van der Waals surface area (Å²) in [4.78, 5) is 43.0. The van der Waals surface area contributed by atoms with Gasteiger partial charge in [0.05, 0.1) is 18.6 Å². The van der Waals surface area contributed by atoms with Crippen molar-refractivity contribution in [3.8, 4) is 17.4 Å². The molecule has 3 unspecified atom stereocenters. The van der Waals surface area contributed by atoms with Gasteiger partial charge < -0.3 is 29.3 Å². The van der Waals surface area contributed by atoms with Crippen LogP contribution in [-0.2, 0) is 14.3 Å². The van der Waals surface area contributed by atoms with E-state index < -0.39 is 0 Å². The predicted molar refractivity (Wildman–Crippen MR) is 152 cm³/mol. The highest BCUT2D eigenvalue weighted by Gasteiger charge is 2.33. The minimum atomic E-state index is -0.326. The van der Waals surface area contributed by atoms with Crippen LogP contribution in [0.5, 0.6) is 11.5 Å². The average molecular weight is 584 g/mol. The van der Waals surface area contributed by atoms with E-state index in [1.54, 1.807) is 41.4 Å². The topological polar surface area (TPSA) is 124 Å². The Morgan fingerprint density at radius 3 is 2.83 bits per heavy atom. The molecule has 2 aliphatic rings. The molecule has 2 amide bonds. The summed E-state index contributed by atoms with van der Waals surface area (Å²) in [5, 5.41) is 3.28. The predicted octanol–water partition coefficient (Wildman–Crippen LogP) is 2.49. The molecule has 13 heteroatoms. The number of para-hydroxylation sites is 2. The number of nitrogens with zero attached hydrogens (tertiary/aromatic N) is 6. The molecule has 12 nitrogen and oxygen atoms in total. The first-order chi connectivity index (χ1) is 19.9. The molecule has 2 aromatic heterocycles. The summed E-state index contributed by atoms with van der Waals surface area (Å²) < 4.78 is 18.7. The third-order valence-electron chi connectivity index (χ3n) is 7.18. The van der Waals surface area contributed by atoms with E-state index in [9.17, 15) is 9.59 Å². The molecule has 218 valence electrons. The van der Waals surface area contributed by atoms with E-state index in [4.69, 9.17) is 30.8 Å². The number of ether oxygens (including phenoxy) is 3. The lowest BCUT2D eigenvalue weighted by atomic mass is 10.1. The Balaban J connectivity index is 1.25. The van der Waals surface area contributed by atoms with E-state index in [2.05, 4.69) is 15.3 Å². The first-order valence-corrected chi connectivity index (χ1v) is 14.0. The summed E-state index contributed by atoms with van der Waals surface area (Å²) in [6, 6.07) is 8.89. The van der Waals surface area contributed by atoms with Crippen molar-refractivity contribution in [3.05, 3.63) is 54.2 Å². The Kier molecular flexibility index (Phi) is 9.20. The zero-order chi connectivity index (χ0) is 28.8. The molecule has 41 heavy (non-hydrogen) atoms. The van der Waals surface area contributed by atoms with Gasteiger partial charge in [0.1, 0.15) is 30.0 Å². The van der Waals surface area contributed by atoms with Crippen LogP contribution in [0.2, 0.25) is 5.15 Å². The number of imidazole rings is 1. The number of hydrogen-bond donors (Lipinski definition) is 1. The Bertz CT molecular complexity index is 1340. The van der Waals surface area contributed by atoms with Crippen molar-refractivity contribution in [1.82, 2.24) is 29.7 Å². The molecule has 0 aliphatic carbocycles. The lowest BCUT2D eigenvalue weighted by molar-refractivity contribution is -0.135. The minimum absolute atomic E-state index is 0.0149. The number of hydrogen-bond acceptors (Lipinski definition) is 9. The SMILES string of the molecule is COC(C)CC(=O)N1CCN(c2cc(Cl)nc(-n3ccnc3)n2)C(CC(=O)NCCC2COc3ccccc3O2)C1. The second-order valence-corrected chi connectivity index (χ2v) is 10.5. The lowest BCUT2D eigenvalue weighted by Crippen LogP contribution is -2.56. The number of piperazine rings is 1. The van der Waals surface area contributed by atoms with Crippen LogP contribution < -0.4 is 19.7 Å². The maximum atomic E-state index is 13.1. The summed E-state index contributed by atoms with van der Waals surface area (Å²) in [6.07, 6.45) is 5.63. The van der Waals surface area contributed by atoms with Crippen LogP contribution in [0.3, 0.4) is 0 Å². The number of anilines is 1. The smallest absolute Gasteiger partial charge is 0.238 e. The molecule has 2 aliphatic heterocycles. The number of carbonyl (C=O) groups excluding carboxylic acids is 2. The van der Waals surface area contributed by atoms with E-state index in [1.165, 1.54) is 0 Å². The Morgan fingerprint density at radius 2 is 2.05 bits per heavy atom. The van der Waals surface area contributed by atoms with Gasteiger partial charge in [0, 0.05) is 64.6 Å². The first kappa shape index (κ1) is 28.6. The molecular formula is C28H34ClN7O5. The van der Waals surface area contributed by atoms with Gasteiger partial charge in [-0.1, -0.05) is 23.7 Å². The zero-order valence-corrected chi connectivity index (χ0v) is 23.9. The van der Waals surface area contributed by atoms with Gasteiger partial charge in [-0.2, -0.15) is 4.98 Å². The second-order valence-electron chi connectivity index (χ2n) is 10.1. The Morgan fingerprint density at radius 1 is 1.22 bits per heavy atom. The highest BCUT2D eigenvalue weighted by molar-refractivity contribution is 6.29. The fourth-order valence-electron chi connectivity index (χ4n) is 4.91. The minimum Gasteiger partial charge on any atom is -0.486 e. The molecule has 1 aromatic carbocycles. The van der Waals surface area contributed by atoms with Gasteiger partial charge in [-0.05, 0) is 19.1 Å². The normalized spacial score (nSPS) is 19.1. The number of rotatable bonds is 10. The number of carbonyl (C=O) groups is 2. The van der Waals surface area contributed by atoms with Crippen LogP contribution in [0.1, 0.15) is 26.2 Å². The maximum Gasteiger partial charge on any atom is 0.238 e. The monoisotopic (exact) mass is 583 g/mol. The molecule has 0 saturated carbocycles. The molecule has 0 spiro atoms. The summed E-state index contributed by atoms with van der Waals surface area (Å²) in [5.74, 6) is 2.24. The molecule has 4 heterocycles. The summed E-state index contributed by atoms with van der Waals surface area (Å²) >= 11 is 6.37. The highest BCUT2D eigenvalue weighted by atomic mass is 35.5. The van der Waals surface area contributed by atoms with Crippen LogP contribution >= 0.6 is 11.6 Å². The van der Waals surface area contributed by atoms with E-state index in [0.717, 1.165) is 5.75 Å².